The van der Waals surface area contributed by atoms with Crippen LogP contribution in [-0.4, -0.2) is 40.4 Å². The summed E-state index contributed by atoms with van der Waals surface area (Å²) in [7, 11) is 1.25. The summed E-state index contributed by atoms with van der Waals surface area (Å²) in [5, 5.41) is 11.7. The molecule has 7 heteroatoms. The van der Waals surface area contributed by atoms with Gasteiger partial charge in [-0.05, 0) is 6.92 Å². The first kappa shape index (κ1) is 10.2. The topological polar surface area (TPSA) is 97.0 Å². The van der Waals surface area contributed by atoms with Gasteiger partial charge in [-0.2, -0.15) is 15.4 Å². The highest BCUT2D eigenvalue weighted by molar-refractivity contribution is 5.94. The number of hydrogen-bond donors (Lipinski definition) is 2. The Morgan fingerprint density at radius 1 is 1.64 bits per heavy atom. The molecule has 1 amide bonds. The van der Waals surface area contributed by atoms with Gasteiger partial charge in [0.25, 0.3) is 5.91 Å². The maximum Gasteiger partial charge on any atom is 0.328 e. The van der Waals surface area contributed by atoms with E-state index < -0.39 is 17.9 Å². The Kier molecular flexibility index (Phi) is 3.16. The molecule has 0 unspecified atom stereocenters. The molecule has 2 N–H and O–H groups in total. The number of ether oxygens (including phenoxy) is 1. The third-order valence-corrected chi connectivity index (χ3v) is 1.55. The maximum atomic E-state index is 11.3. The quantitative estimate of drug-likeness (QED) is 0.613. The van der Waals surface area contributed by atoms with Crippen LogP contribution in [0.3, 0.4) is 0 Å². The van der Waals surface area contributed by atoms with Crippen molar-refractivity contribution in [2.45, 2.75) is 13.0 Å². The van der Waals surface area contributed by atoms with E-state index in [4.69, 9.17) is 0 Å². The highest BCUT2D eigenvalue weighted by atomic mass is 16.5. The van der Waals surface area contributed by atoms with E-state index in [-0.39, 0.29) is 5.69 Å². The van der Waals surface area contributed by atoms with Crippen LogP contribution in [0.2, 0.25) is 0 Å². The van der Waals surface area contributed by atoms with Gasteiger partial charge in [0, 0.05) is 0 Å². The molecule has 0 saturated carbocycles. The van der Waals surface area contributed by atoms with Gasteiger partial charge in [-0.15, -0.1) is 0 Å². The zero-order valence-electron chi connectivity index (χ0n) is 7.77. The van der Waals surface area contributed by atoms with E-state index in [1.165, 1.54) is 20.2 Å². The van der Waals surface area contributed by atoms with Crippen molar-refractivity contribution >= 4 is 11.9 Å². The molecular formula is C7H10N4O3. The standard InChI is InChI=1S/C7H10N4O3/c1-4(7(13)14-2)9-6(12)5-3-8-11-10-5/h3-4H,1-2H3,(H,9,12)(H,8,10,11)/t4-/m0/s1. The van der Waals surface area contributed by atoms with E-state index in [0.29, 0.717) is 0 Å². The van der Waals surface area contributed by atoms with Crippen LogP contribution in [0.4, 0.5) is 0 Å². The number of methoxy groups -OCH3 is 1. The number of H-pyrrole nitrogens is 1. The molecule has 0 fully saturated rings. The molecule has 0 radical (unpaired) electrons. The van der Waals surface area contributed by atoms with E-state index >= 15 is 0 Å². The molecule has 1 atom stereocenters. The number of carbonyl (C=O) groups excluding carboxylic acids is 2. The fourth-order valence-corrected chi connectivity index (χ4v) is 0.817. The summed E-state index contributed by atoms with van der Waals surface area (Å²) >= 11 is 0. The molecule has 0 aromatic carbocycles. The molecule has 0 bridgehead atoms. The molecular weight excluding hydrogens is 188 g/mol. The van der Waals surface area contributed by atoms with Gasteiger partial charge in [0.15, 0.2) is 5.69 Å². The number of nitrogens with zero attached hydrogens (tertiary/aromatic N) is 2. The summed E-state index contributed by atoms with van der Waals surface area (Å²) in [6, 6.07) is -0.704. The first-order valence-electron chi connectivity index (χ1n) is 3.89. The second-order valence-corrected chi connectivity index (χ2v) is 2.57. The molecule has 76 valence electrons. The van der Waals surface area contributed by atoms with Gasteiger partial charge >= 0.3 is 5.97 Å². The molecule has 1 heterocycles. The molecule has 1 rings (SSSR count). The van der Waals surface area contributed by atoms with Crippen LogP contribution in [0.1, 0.15) is 17.4 Å². The molecule has 0 aliphatic rings. The van der Waals surface area contributed by atoms with Crippen LogP contribution >= 0.6 is 0 Å². The number of aromatic nitrogens is 3. The summed E-state index contributed by atoms with van der Waals surface area (Å²) in [5.74, 6) is -0.988. The monoisotopic (exact) mass is 198 g/mol. The Bertz CT molecular complexity index is 322. The van der Waals surface area contributed by atoms with Crippen molar-refractivity contribution in [2.24, 2.45) is 0 Å². The lowest BCUT2D eigenvalue weighted by Gasteiger charge is -2.09. The van der Waals surface area contributed by atoms with Gasteiger partial charge in [-0.25, -0.2) is 4.79 Å². The van der Waals surface area contributed by atoms with E-state index in [2.05, 4.69) is 25.5 Å². The molecule has 0 saturated heterocycles. The van der Waals surface area contributed by atoms with Crippen molar-refractivity contribution in [1.82, 2.24) is 20.7 Å². The minimum atomic E-state index is -0.704. The molecule has 14 heavy (non-hydrogen) atoms. The fraction of sp³-hybridized carbons (Fsp3) is 0.429. The first-order valence-corrected chi connectivity index (χ1v) is 3.89. The second kappa shape index (κ2) is 4.35. The van der Waals surface area contributed by atoms with Crippen LogP contribution in [0.25, 0.3) is 0 Å². The molecule has 7 nitrogen and oxygen atoms in total. The Morgan fingerprint density at radius 2 is 2.36 bits per heavy atom. The molecule has 1 aromatic heterocycles. The van der Waals surface area contributed by atoms with Crippen molar-refractivity contribution < 1.29 is 14.3 Å². The maximum absolute atomic E-state index is 11.3. The number of hydrogen-bond acceptors (Lipinski definition) is 5. The zero-order chi connectivity index (χ0) is 10.6. The largest absolute Gasteiger partial charge is 0.467 e. The molecule has 0 spiro atoms. The van der Waals surface area contributed by atoms with Crippen molar-refractivity contribution in [3.8, 4) is 0 Å². The van der Waals surface area contributed by atoms with Crippen LogP contribution in [-0.2, 0) is 9.53 Å². The summed E-state index contributed by atoms with van der Waals surface area (Å²) in [5.41, 5.74) is 0.126. The van der Waals surface area contributed by atoms with Gasteiger partial charge in [0.1, 0.15) is 6.04 Å². The van der Waals surface area contributed by atoms with Crippen LogP contribution < -0.4 is 5.32 Å². The minimum absolute atomic E-state index is 0.126. The third kappa shape index (κ3) is 2.28. The highest BCUT2D eigenvalue weighted by Gasteiger charge is 2.17. The summed E-state index contributed by atoms with van der Waals surface area (Å²) in [4.78, 5) is 22.2. The first-order chi connectivity index (χ1) is 6.65. The van der Waals surface area contributed by atoms with Gasteiger partial charge in [-0.1, -0.05) is 0 Å². The third-order valence-electron chi connectivity index (χ3n) is 1.55. The van der Waals surface area contributed by atoms with Crippen molar-refractivity contribution in [3.05, 3.63) is 11.9 Å². The fourth-order valence-electron chi connectivity index (χ4n) is 0.817. The Hall–Kier alpha value is -1.92. The number of esters is 1. The highest BCUT2D eigenvalue weighted by Crippen LogP contribution is 1.92. The van der Waals surface area contributed by atoms with Crippen molar-refractivity contribution in [1.29, 1.82) is 0 Å². The number of amides is 1. The van der Waals surface area contributed by atoms with Gasteiger partial charge in [0.05, 0.1) is 13.3 Å². The zero-order valence-corrected chi connectivity index (χ0v) is 7.77. The Labute approximate surface area is 79.8 Å². The smallest absolute Gasteiger partial charge is 0.328 e. The molecule has 1 aromatic rings. The normalized spacial score (nSPS) is 11.9. The predicted molar refractivity (Wildman–Crippen MR) is 45.3 cm³/mol. The SMILES string of the molecule is COC(=O)[C@H](C)NC(=O)c1cn[nH]n1. The average Bonchev–Trinajstić information content (AvgIpc) is 2.69. The molecule has 0 aliphatic carbocycles. The van der Waals surface area contributed by atoms with Crippen LogP contribution in [0.15, 0.2) is 6.20 Å². The number of aromatic amines is 1. The summed E-state index contributed by atoms with van der Waals surface area (Å²) in [6.45, 7) is 1.52. The molecule has 0 aliphatic heterocycles. The lowest BCUT2D eigenvalue weighted by Crippen LogP contribution is -2.39. The van der Waals surface area contributed by atoms with Gasteiger partial charge < -0.3 is 10.1 Å². The summed E-state index contributed by atoms with van der Waals surface area (Å²) in [6.07, 6.45) is 1.26. The van der Waals surface area contributed by atoms with Crippen LogP contribution in [0, 0.1) is 0 Å². The lowest BCUT2D eigenvalue weighted by atomic mass is 10.3. The number of rotatable bonds is 3. The van der Waals surface area contributed by atoms with Crippen molar-refractivity contribution in [3.63, 3.8) is 0 Å². The minimum Gasteiger partial charge on any atom is -0.467 e. The van der Waals surface area contributed by atoms with Crippen molar-refractivity contribution in [2.75, 3.05) is 7.11 Å². The van der Waals surface area contributed by atoms with Gasteiger partial charge in [0.2, 0.25) is 0 Å². The Morgan fingerprint density at radius 3 is 2.86 bits per heavy atom. The second-order valence-electron chi connectivity index (χ2n) is 2.57. The van der Waals surface area contributed by atoms with Gasteiger partial charge in [-0.3, -0.25) is 4.79 Å². The van der Waals surface area contributed by atoms with E-state index in [0.717, 1.165) is 0 Å². The number of carbonyl (C=O) groups is 2. The van der Waals surface area contributed by atoms with E-state index in [1.807, 2.05) is 0 Å². The average molecular weight is 198 g/mol. The summed E-state index contributed by atoms with van der Waals surface area (Å²) < 4.78 is 4.43. The Balaban J connectivity index is 2.53. The number of nitrogens with one attached hydrogen (secondary N) is 2. The lowest BCUT2D eigenvalue weighted by molar-refractivity contribution is -0.142. The van der Waals surface area contributed by atoms with E-state index in [9.17, 15) is 9.59 Å². The predicted octanol–water partition coefficient (Wildman–Crippen LogP) is -0.904. The van der Waals surface area contributed by atoms with E-state index in [1.54, 1.807) is 0 Å². The van der Waals surface area contributed by atoms with Crippen LogP contribution in [0.5, 0.6) is 0 Å².